The molecule has 0 amide bonds. The van der Waals surface area contributed by atoms with Gasteiger partial charge in [-0.25, -0.2) is 0 Å². The summed E-state index contributed by atoms with van der Waals surface area (Å²) in [6, 6.07) is 1.33. The zero-order chi connectivity index (χ0) is 13.4. The van der Waals surface area contributed by atoms with Crippen LogP contribution >= 0.6 is 0 Å². The summed E-state index contributed by atoms with van der Waals surface area (Å²) in [5.41, 5.74) is 0.0209. The van der Waals surface area contributed by atoms with Crippen LogP contribution in [0.2, 0.25) is 0 Å². The van der Waals surface area contributed by atoms with Gasteiger partial charge in [0.1, 0.15) is 11.5 Å². The normalized spacial score (nSPS) is 13.5. The molecule has 1 aromatic heterocycles. The van der Waals surface area contributed by atoms with Gasteiger partial charge in [0.05, 0.1) is 11.5 Å². The van der Waals surface area contributed by atoms with E-state index in [1.54, 1.807) is 6.92 Å². The van der Waals surface area contributed by atoms with Crippen molar-refractivity contribution in [2.24, 2.45) is 5.92 Å². The van der Waals surface area contributed by atoms with Gasteiger partial charge in [0.15, 0.2) is 5.78 Å². The molecule has 0 saturated carbocycles. The van der Waals surface area contributed by atoms with E-state index < -0.39 is 23.7 Å². The number of carbonyl (C=O) groups is 2. The molecule has 0 aromatic carbocycles. The number of ketones is 2. The van der Waals surface area contributed by atoms with Gasteiger partial charge >= 0.3 is 6.18 Å². The molecule has 1 unspecified atom stereocenters. The quantitative estimate of drug-likeness (QED) is 0.610. The number of halogens is 3. The van der Waals surface area contributed by atoms with Crippen molar-refractivity contribution in [1.29, 1.82) is 0 Å². The van der Waals surface area contributed by atoms with E-state index in [0.717, 1.165) is 6.92 Å². The van der Waals surface area contributed by atoms with Crippen LogP contribution in [0, 0.1) is 19.8 Å². The first-order valence-corrected chi connectivity index (χ1v) is 4.87. The van der Waals surface area contributed by atoms with Crippen molar-refractivity contribution in [2.45, 2.75) is 26.9 Å². The lowest BCUT2D eigenvalue weighted by Crippen LogP contribution is -2.33. The van der Waals surface area contributed by atoms with Crippen molar-refractivity contribution in [3.05, 3.63) is 23.2 Å². The molecule has 0 aliphatic carbocycles. The maximum Gasteiger partial charge on any atom is 0.450 e. The van der Waals surface area contributed by atoms with E-state index in [1.165, 1.54) is 13.0 Å². The maximum absolute atomic E-state index is 12.2. The Morgan fingerprint density at radius 1 is 1.29 bits per heavy atom. The molecule has 0 aliphatic heterocycles. The van der Waals surface area contributed by atoms with Gasteiger partial charge in [0.2, 0.25) is 5.78 Å². The van der Waals surface area contributed by atoms with Crippen LogP contribution in [0.15, 0.2) is 10.5 Å². The van der Waals surface area contributed by atoms with Crippen molar-refractivity contribution in [3.63, 3.8) is 0 Å². The van der Waals surface area contributed by atoms with E-state index in [1.807, 2.05) is 0 Å². The standard InChI is InChI=1S/C11H11F3O3/c1-5-4-8(7(3)17-5)9(15)6(2)10(16)11(12,13)14/h4,6H,1-3H3. The van der Waals surface area contributed by atoms with Gasteiger partial charge in [0.25, 0.3) is 0 Å². The second-order valence-corrected chi connectivity index (χ2v) is 3.77. The summed E-state index contributed by atoms with van der Waals surface area (Å²) < 4.78 is 41.5. The van der Waals surface area contributed by atoms with Gasteiger partial charge in [-0.2, -0.15) is 13.2 Å². The fourth-order valence-corrected chi connectivity index (χ4v) is 1.47. The van der Waals surface area contributed by atoms with Crippen molar-refractivity contribution in [2.75, 3.05) is 0 Å². The van der Waals surface area contributed by atoms with E-state index in [-0.39, 0.29) is 11.3 Å². The highest BCUT2D eigenvalue weighted by atomic mass is 19.4. The van der Waals surface area contributed by atoms with Crippen LogP contribution in [0.3, 0.4) is 0 Å². The highest BCUT2D eigenvalue weighted by Gasteiger charge is 2.44. The Balaban J connectivity index is 2.99. The van der Waals surface area contributed by atoms with Crippen LogP contribution in [0.1, 0.15) is 28.8 Å². The highest BCUT2D eigenvalue weighted by Crippen LogP contribution is 2.25. The fraction of sp³-hybridized carbons (Fsp3) is 0.455. The summed E-state index contributed by atoms with van der Waals surface area (Å²) in [5.74, 6) is -4.03. The van der Waals surface area contributed by atoms with Crippen LogP contribution in [0.25, 0.3) is 0 Å². The summed E-state index contributed by atoms with van der Waals surface area (Å²) >= 11 is 0. The third-order valence-corrected chi connectivity index (χ3v) is 2.37. The zero-order valence-corrected chi connectivity index (χ0v) is 9.51. The minimum atomic E-state index is -5.00. The minimum Gasteiger partial charge on any atom is -0.466 e. The number of Topliss-reactive ketones (excluding diaryl/α,β-unsaturated/α-hetero) is 2. The number of carbonyl (C=O) groups excluding carboxylic acids is 2. The molecule has 3 nitrogen and oxygen atoms in total. The van der Waals surface area contributed by atoms with E-state index in [0.29, 0.717) is 5.76 Å². The molecule has 0 fully saturated rings. The van der Waals surface area contributed by atoms with Crippen molar-refractivity contribution in [3.8, 4) is 0 Å². The van der Waals surface area contributed by atoms with Crippen LogP contribution in [-0.4, -0.2) is 17.7 Å². The summed E-state index contributed by atoms with van der Waals surface area (Å²) in [7, 11) is 0. The Hall–Kier alpha value is -1.59. The predicted molar refractivity (Wildman–Crippen MR) is 52.7 cm³/mol. The number of alkyl halides is 3. The molecular weight excluding hydrogens is 237 g/mol. The van der Waals surface area contributed by atoms with Crippen molar-refractivity contribution >= 4 is 11.6 Å². The summed E-state index contributed by atoms with van der Waals surface area (Å²) in [4.78, 5) is 22.6. The molecule has 0 N–H and O–H groups in total. The monoisotopic (exact) mass is 248 g/mol. The Morgan fingerprint density at radius 2 is 1.82 bits per heavy atom. The van der Waals surface area contributed by atoms with Crippen molar-refractivity contribution < 1.29 is 27.2 Å². The van der Waals surface area contributed by atoms with E-state index >= 15 is 0 Å². The molecule has 0 spiro atoms. The first-order chi connectivity index (χ1) is 7.64. The smallest absolute Gasteiger partial charge is 0.450 e. The second-order valence-electron chi connectivity index (χ2n) is 3.77. The van der Waals surface area contributed by atoms with Crippen molar-refractivity contribution in [1.82, 2.24) is 0 Å². The summed E-state index contributed by atoms with van der Waals surface area (Å²) in [5, 5.41) is 0. The van der Waals surface area contributed by atoms with Gasteiger partial charge in [-0.15, -0.1) is 0 Å². The molecule has 1 aromatic rings. The largest absolute Gasteiger partial charge is 0.466 e. The summed E-state index contributed by atoms with van der Waals surface area (Å²) in [6.07, 6.45) is -5.00. The molecule has 1 rings (SSSR count). The maximum atomic E-state index is 12.2. The van der Waals surface area contributed by atoms with E-state index in [4.69, 9.17) is 4.42 Å². The third kappa shape index (κ3) is 2.75. The SMILES string of the molecule is Cc1cc(C(=O)C(C)C(=O)C(F)(F)F)c(C)o1. The Morgan fingerprint density at radius 3 is 2.18 bits per heavy atom. The van der Waals surface area contributed by atoms with Crippen LogP contribution in [-0.2, 0) is 4.79 Å². The molecule has 17 heavy (non-hydrogen) atoms. The minimum absolute atomic E-state index is 0.0209. The molecule has 1 atom stereocenters. The second kappa shape index (κ2) is 4.35. The van der Waals surface area contributed by atoms with E-state index in [2.05, 4.69) is 0 Å². The van der Waals surface area contributed by atoms with Crippen LogP contribution in [0.5, 0.6) is 0 Å². The first kappa shape index (κ1) is 13.5. The molecular formula is C11H11F3O3. The molecule has 0 bridgehead atoms. The fourth-order valence-electron chi connectivity index (χ4n) is 1.47. The van der Waals surface area contributed by atoms with Crippen LogP contribution in [0.4, 0.5) is 13.2 Å². The van der Waals surface area contributed by atoms with E-state index in [9.17, 15) is 22.8 Å². The average Bonchev–Trinajstić information content (AvgIpc) is 2.53. The Kier molecular flexibility index (Phi) is 3.45. The first-order valence-electron chi connectivity index (χ1n) is 4.87. The molecule has 6 heteroatoms. The lowest BCUT2D eigenvalue weighted by atomic mass is 9.95. The predicted octanol–water partition coefficient (Wildman–Crippen LogP) is 2.85. The van der Waals surface area contributed by atoms with Gasteiger partial charge in [0, 0.05) is 0 Å². The molecule has 0 radical (unpaired) electrons. The average molecular weight is 248 g/mol. The lowest BCUT2D eigenvalue weighted by Gasteiger charge is -2.11. The Bertz CT molecular complexity index is 457. The zero-order valence-electron chi connectivity index (χ0n) is 9.51. The molecule has 0 saturated heterocycles. The number of rotatable bonds is 3. The number of hydrogen-bond donors (Lipinski definition) is 0. The summed E-state index contributed by atoms with van der Waals surface area (Å²) in [6.45, 7) is 3.98. The third-order valence-electron chi connectivity index (χ3n) is 2.37. The lowest BCUT2D eigenvalue weighted by molar-refractivity contribution is -0.173. The topological polar surface area (TPSA) is 47.3 Å². The van der Waals surface area contributed by atoms with Gasteiger partial charge in [-0.05, 0) is 26.8 Å². The highest BCUT2D eigenvalue weighted by molar-refractivity contribution is 6.12. The van der Waals surface area contributed by atoms with Gasteiger partial charge < -0.3 is 4.42 Å². The number of aryl methyl sites for hydroxylation is 2. The van der Waals surface area contributed by atoms with Gasteiger partial charge in [-0.3, -0.25) is 9.59 Å². The molecule has 94 valence electrons. The molecule has 0 aliphatic rings. The number of furan rings is 1. The number of hydrogen-bond acceptors (Lipinski definition) is 3. The van der Waals surface area contributed by atoms with Gasteiger partial charge in [-0.1, -0.05) is 0 Å². The van der Waals surface area contributed by atoms with Crippen LogP contribution < -0.4 is 0 Å². The molecule has 1 heterocycles. The Labute approximate surface area is 95.6 Å².